The molecular weight excluding hydrogens is 219 g/mol. The first-order chi connectivity index (χ1) is 6.84. The lowest BCUT2D eigenvalue weighted by molar-refractivity contribution is -0.138. The number of carbonyl (C=O) groups excluding carboxylic acids is 1. The molecule has 0 heterocycles. The van der Waals surface area contributed by atoms with Crippen LogP contribution in [-0.2, 0) is 6.18 Å². The molecule has 6 heteroatoms. The Morgan fingerprint density at radius 2 is 1.67 bits per heavy atom. The van der Waals surface area contributed by atoms with Gasteiger partial charge < -0.3 is 0 Å². The average Bonchev–Trinajstić information content (AvgIpc) is 2.15. The number of alkyl halides is 5. The maximum atomic E-state index is 12.3. The molecule has 1 rings (SSSR count). The second-order valence-electron chi connectivity index (χ2n) is 2.71. The molecule has 82 valence electrons. The lowest BCUT2D eigenvalue weighted by Crippen LogP contribution is -2.17. The SMILES string of the molecule is O=C(c1ccccc1C(F)(F)F)C(F)F. The third-order valence-electron chi connectivity index (χ3n) is 1.70. The normalized spacial score (nSPS) is 11.9. The van der Waals surface area contributed by atoms with E-state index in [1.54, 1.807) is 0 Å². The van der Waals surface area contributed by atoms with E-state index in [2.05, 4.69) is 0 Å². The second kappa shape index (κ2) is 3.96. The quantitative estimate of drug-likeness (QED) is 0.557. The Morgan fingerprint density at radius 3 is 2.13 bits per heavy atom. The van der Waals surface area contributed by atoms with E-state index in [1.165, 1.54) is 0 Å². The van der Waals surface area contributed by atoms with Crippen LogP contribution in [0.5, 0.6) is 0 Å². The number of Topliss-reactive ketones (excluding diaryl/α,β-unsaturated/α-hetero) is 1. The Hall–Kier alpha value is -1.46. The molecule has 0 radical (unpaired) electrons. The van der Waals surface area contributed by atoms with E-state index >= 15 is 0 Å². The highest BCUT2D eigenvalue weighted by molar-refractivity contribution is 5.99. The first kappa shape index (κ1) is 11.6. The monoisotopic (exact) mass is 224 g/mol. The fraction of sp³-hybridized carbons (Fsp3) is 0.222. The topological polar surface area (TPSA) is 17.1 Å². The first-order valence-corrected chi connectivity index (χ1v) is 3.82. The van der Waals surface area contributed by atoms with Crippen molar-refractivity contribution < 1.29 is 26.7 Å². The Morgan fingerprint density at radius 1 is 1.13 bits per heavy atom. The third-order valence-corrected chi connectivity index (χ3v) is 1.70. The summed E-state index contributed by atoms with van der Waals surface area (Å²) >= 11 is 0. The molecule has 0 saturated heterocycles. The molecule has 0 aliphatic carbocycles. The molecule has 1 aromatic carbocycles. The fourth-order valence-electron chi connectivity index (χ4n) is 1.06. The molecule has 0 N–H and O–H groups in total. The molecule has 0 amide bonds. The summed E-state index contributed by atoms with van der Waals surface area (Å²) in [7, 11) is 0. The van der Waals surface area contributed by atoms with Crippen molar-refractivity contribution >= 4 is 5.78 Å². The van der Waals surface area contributed by atoms with Crippen LogP contribution < -0.4 is 0 Å². The van der Waals surface area contributed by atoms with Gasteiger partial charge in [0, 0.05) is 5.56 Å². The van der Waals surface area contributed by atoms with E-state index in [0.29, 0.717) is 6.07 Å². The van der Waals surface area contributed by atoms with Crippen molar-refractivity contribution in [3.63, 3.8) is 0 Å². The van der Waals surface area contributed by atoms with E-state index in [-0.39, 0.29) is 0 Å². The van der Waals surface area contributed by atoms with Crippen LogP contribution in [0.3, 0.4) is 0 Å². The molecule has 0 aliphatic heterocycles. The van der Waals surface area contributed by atoms with Gasteiger partial charge in [-0.3, -0.25) is 4.79 Å². The molecule has 0 saturated carbocycles. The highest BCUT2D eigenvalue weighted by atomic mass is 19.4. The minimum absolute atomic E-state index is 0.593. The number of ketones is 1. The number of benzene rings is 1. The van der Waals surface area contributed by atoms with Crippen LogP contribution in [0, 0.1) is 0 Å². The molecule has 0 bridgehead atoms. The van der Waals surface area contributed by atoms with E-state index in [1.807, 2.05) is 0 Å². The van der Waals surface area contributed by atoms with Crippen molar-refractivity contribution in [3.8, 4) is 0 Å². The molecule has 0 fully saturated rings. The average molecular weight is 224 g/mol. The number of hydrogen-bond acceptors (Lipinski definition) is 1. The van der Waals surface area contributed by atoms with Gasteiger partial charge in [0.15, 0.2) is 0 Å². The standard InChI is InChI=1S/C9H5F5O/c10-8(11)7(15)5-3-1-2-4-6(5)9(12,13)14/h1-4,8H. The summed E-state index contributed by atoms with van der Waals surface area (Å²) in [6, 6.07) is 3.46. The van der Waals surface area contributed by atoms with Gasteiger partial charge >= 0.3 is 12.6 Å². The minimum Gasteiger partial charge on any atom is -0.288 e. The highest BCUT2D eigenvalue weighted by Crippen LogP contribution is 2.32. The van der Waals surface area contributed by atoms with Crippen LogP contribution in [0.15, 0.2) is 24.3 Å². The van der Waals surface area contributed by atoms with E-state index in [9.17, 15) is 26.7 Å². The molecule has 0 unspecified atom stereocenters. The second-order valence-corrected chi connectivity index (χ2v) is 2.71. The molecule has 0 spiro atoms. The van der Waals surface area contributed by atoms with Gasteiger partial charge in [0.05, 0.1) is 5.56 Å². The van der Waals surface area contributed by atoms with Crippen LogP contribution in [0.1, 0.15) is 15.9 Å². The van der Waals surface area contributed by atoms with Gasteiger partial charge in [-0.15, -0.1) is 0 Å². The van der Waals surface area contributed by atoms with Crippen LogP contribution in [0.2, 0.25) is 0 Å². The largest absolute Gasteiger partial charge is 0.417 e. The summed E-state index contributed by atoms with van der Waals surface area (Å²) in [5, 5.41) is 0. The smallest absolute Gasteiger partial charge is 0.288 e. The number of hydrogen-bond donors (Lipinski definition) is 0. The lowest BCUT2D eigenvalue weighted by Gasteiger charge is -2.10. The van der Waals surface area contributed by atoms with Gasteiger partial charge in [-0.1, -0.05) is 18.2 Å². The molecule has 1 aromatic rings. The molecule has 15 heavy (non-hydrogen) atoms. The summed E-state index contributed by atoms with van der Waals surface area (Å²) in [6.45, 7) is 0. The molecule has 0 aromatic heterocycles. The van der Waals surface area contributed by atoms with Crippen molar-refractivity contribution in [1.29, 1.82) is 0 Å². The van der Waals surface area contributed by atoms with Crippen molar-refractivity contribution in [1.82, 2.24) is 0 Å². The summed E-state index contributed by atoms with van der Waals surface area (Å²) in [5.74, 6) is -1.82. The third kappa shape index (κ3) is 2.51. The van der Waals surface area contributed by atoms with Crippen LogP contribution >= 0.6 is 0 Å². The lowest BCUT2D eigenvalue weighted by atomic mass is 10.0. The molecule has 0 atom stereocenters. The molecule has 0 aliphatic rings. The van der Waals surface area contributed by atoms with E-state index < -0.39 is 29.5 Å². The zero-order chi connectivity index (χ0) is 11.6. The van der Waals surface area contributed by atoms with Gasteiger partial charge in [0.25, 0.3) is 0 Å². The minimum atomic E-state index is -4.80. The predicted octanol–water partition coefficient (Wildman–Crippen LogP) is 3.15. The van der Waals surface area contributed by atoms with Crippen LogP contribution in [-0.4, -0.2) is 12.2 Å². The Balaban J connectivity index is 3.25. The summed E-state index contributed by atoms with van der Waals surface area (Å²) in [5.41, 5.74) is -2.34. The fourth-order valence-corrected chi connectivity index (χ4v) is 1.06. The van der Waals surface area contributed by atoms with Gasteiger partial charge in [0.2, 0.25) is 5.78 Å². The molecular formula is C9H5F5O. The Kier molecular flexibility index (Phi) is 3.06. The zero-order valence-electron chi connectivity index (χ0n) is 7.18. The Labute approximate surface area is 81.5 Å². The van der Waals surface area contributed by atoms with Crippen molar-refractivity contribution in [2.45, 2.75) is 12.6 Å². The summed E-state index contributed by atoms with van der Waals surface area (Å²) < 4.78 is 60.8. The zero-order valence-corrected chi connectivity index (χ0v) is 7.18. The van der Waals surface area contributed by atoms with Crippen molar-refractivity contribution in [3.05, 3.63) is 35.4 Å². The summed E-state index contributed by atoms with van der Waals surface area (Å²) in [6.07, 6.45) is -8.24. The van der Waals surface area contributed by atoms with Gasteiger partial charge in [-0.2, -0.15) is 13.2 Å². The maximum absolute atomic E-state index is 12.3. The highest BCUT2D eigenvalue weighted by Gasteiger charge is 2.36. The Bertz CT molecular complexity index is 369. The maximum Gasteiger partial charge on any atom is 0.417 e. The number of halogens is 5. The number of rotatable bonds is 2. The predicted molar refractivity (Wildman–Crippen MR) is 41.8 cm³/mol. The van der Waals surface area contributed by atoms with Crippen molar-refractivity contribution in [2.75, 3.05) is 0 Å². The molecule has 1 nitrogen and oxygen atoms in total. The van der Waals surface area contributed by atoms with Gasteiger partial charge in [0.1, 0.15) is 0 Å². The van der Waals surface area contributed by atoms with E-state index in [0.717, 1.165) is 18.2 Å². The number of carbonyl (C=O) groups is 1. The van der Waals surface area contributed by atoms with Gasteiger partial charge in [-0.25, -0.2) is 8.78 Å². The van der Waals surface area contributed by atoms with Gasteiger partial charge in [-0.05, 0) is 6.07 Å². The van der Waals surface area contributed by atoms with E-state index in [4.69, 9.17) is 0 Å². The first-order valence-electron chi connectivity index (χ1n) is 3.82. The summed E-state index contributed by atoms with van der Waals surface area (Å²) in [4.78, 5) is 10.8. The van der Waals surface area contributed by atoms with Crippen LogP contribution in [0.4, 0.5) is 22.0 Å². The van der Waals surface area contributed by atoms with Crippen LogP contribution in [0.25, 0.3) is 0 Å². The van der Waals surface area contributed by atoms with Crippen molar-refractivity contribution in [2.24, 2.45) is 0 Å².